The molecule has 98 valence electrons. The quantitative estimate of drug-likeness (QED) is 0.623. The Morgan fingerprint density at radius 3 is 3.26 bits per heavy atom. The lowest BCUT2D eigenvalue weighted by atomic mass is 10.4. The van der Waals surface area contributed by atoms with Crippen LogP contribution in [0.4, 0.5) is 0 Å². The number of hydrogen-bond donors (Lipinski definition) is 1. The van der Waals surface area contributed by atoms with Crippen molar-refractivity contribution in [2.45, 2.75) is 11.7 Å². The highest BCUT2D eigenvalue weighted by molar-refractivity contribution is 7.99. The number of carbonyl (C=O) groups excluding carboxylic acids is 1. The van der Waals surface area contributed by atoms with E-state index in [4.69, 9.17) is 10.8 Å². The third kappa shape index (κ3) is 3.89. The van der Waals surface area contributed by atoms with E-state index in [2.05, 4.69) is 21.4 Å². The molecule has 0 aromatic carbocycles. The molecular weight excluding hydrogens is 264 g/mol. The summed E-state index contributed by atoms with van der Waals surface area (Å²) in [5.74, 6) is 3.27. The average Bonchev–Trinajstić information content (AvgIpc) is 3.06. The molecule has 7 heteroatoms. The molecule has 0 aliphatic heterocycles. The molecule has 0 fully saturated rings. The summed E-state index contributed by atoms with van der Waals surface area (Å²) in [6, 6.07) is 3.69. The predicted octanol–water partition coefficient (Wildman–Crippen LogP) is 0.761. The van der Waals surface area contributed by atoms with E-state index in [0.29, 0.717) is 11.7 Å². The number of aromatic nitrogens is 3. The first-order valence-corrected chi connectivity index (χ1v) is 6.51. The molecule has 0 saturated carbocycles. The van der Waals surface area contributed by atoms with E-state index in [1.54, 1.807) is 12.6 Å². The molecule has 0 radical (unpaired) electrons. The van der Waals surface area contributed by atoms with Crippen LogP contribution >= 0.6 is 11.8 Å². The number of nitrogens with zero attached hydrogens (tertiary/aromatic N) is 3. The summed E-state index contributed by atoms with van der Waals surface area (Å²) in [4.78, 5) is 11.4. The number of amides is 1. The molecule has 6 nitrogen and oxygen atoms in total. The molecular formula is C12H12N4O2S. The van der Waals surface area contributed by atoms with Gasteiger partial charge in [0.2, 0.25) is 5.91 Å². The van der Waals surface area contributed by atoms with Crippen LogP contribution in [0.25, 0.3) is 0 Å². The van der Waals surface area contributed by atoms with Crippen LogP contribution in [0.3, 0.4) is 0 Å². The van der Waals surface area contributed by atoms with Crippen LogP contribution in [0.5, 0.6) is 0 Å². The summed E-state index contributed by atoms with van der Waals surface area (Å²) in [6.45, 7) is 0.771. The Kier molecular flexibility index (Phi) is 4.64. The molecule has 0 aliphatic carbocycles. The van der Waals surface area contributed by atoms with Crippen molar-refractivity contribution in [1.82, 2.24) is 20.1 Å². The fraction of sp³-hybridized carbons (Fsp3) is 0.250. The molecule has 0 saturated heterocycles. The Balaban J connectivity index is 1.89. The molecule has 2 aromatic heterocycles. The monoisotopic (exact) mass is 276 g/mol. The smallest absolute Gasteiger partial charge is 0.231 e. The second-order valence-corrected chi connectivity index (χ2v) is 4.53. The standard InChI is InChI=1S/C12H12N4O2S/c1-2-5-13-11(17)8-19-12-15-14-9-16(12)7-10-4-3-6-18-10/h1,3-4,6,9H,5,7-8H2,(H,13,17). The lowest BCUT2D eigenvalue weighted by Gasteiger charge is -2.04. The van der Waals surface area contributed by atoms with Gasteiger partial charge in [-0.1, -0.05) is 17.7 Å². The molecule has 1 amide bonds. The van der Waals surface area contributed by atoms with Gasteiger partial charge < -0.3 is 14.3 Å². The number of rotatable bonds is 6. The minimum Gasteiger partial charge on any atom is -0.467 e. The van der Waals surface area contributed by atoms with E-state index in [1.165, 1.54) is 11.8 Å². The first-order chi connectivity index (χ1) is 9.29. The second-order valence-electron chi connectivity index (χ2n) is 3.59. The van der Waals surface area contributed by atoms with Gasteiger partial charge in [0.25, 0.3) is 0 Å². The number of thioether (sulfide) groups is 1. The van der Waals surface area contributed by atoms with E-state index >= 15 is 0 Å². The third-order valence-corrected chi connectivity index (χ3v) is 3.19. The Hall–Kier alpha value is -2.20. The van der Waals surface area contributed by atoms with Gasteiger partial charge in [0.1, 0.15) is 12.1 Å². The van der Waals surface area contributed by atoms with Crippen molar-refractivity contribution < 1.29 is 9.21 Å². The SMILES string of the molecule is C#CCNC(=O)CSc1nncn1Cc1ccco1. The van der Waals surface area contributed by atoms with Crippen molar-refractivity contribution in [3.05, 3.63) is 30.5 Å². The summed E-state index contributed by atoms with van der Waals surface area (Å²) >= 11 is 1.30. The van der Waals surface area contributed by atoms with Crippen LogP contribution in [-0.4, -0.2) is 33.0 Å². The molecule has 2 aromatic rings. The first kappa shape index (κ1) is 13.2. The Labute approximate surface area is 114 Å². The lowest BCUT2D eigenvalue weighted by Crippen LogP contribution is -2.25. The van der Waals surface area contributed by atoms with Crippen LogP contribution in [0.15, 0.2) is 34.3 Å². The zero-order chi connectivity index (χ0) is 13.5. The van der Waals surface area contributed by atoms with Gasteiger partial charge in [-0.2, -0.15) is 0 Å². The summed E-state index contributed by atoms with van der Waals surface area (Å²) in [6.07, 6.45) is 8.27. The molecule has 2 heterocycles. The highest BCUT2D eigenvalue weighted by Gasteiger charge is 2.09. The van der Waals surface area contributed by atoms with Crippen molar-refractivity contribution in [1.29, 1.82) is 0 Å². The maximum absolute atomic E-state index is 11.4. The molecule has 19 heavy (non-hydrogen) atoms. The van der Waals surface area contributed by atoms with Crippen LogP contribution in [-0.2, 0) is 11.3 Å². The van der Waals surface area contributed by atoms with Crippen molar-refractivity contribution in [3.63, 3.8) is 0 Å². The summed E-state index contributed by atoms with van der Waals surface area (Å²) in [5.41, 5.74) is 0. The van der Waals surface area contributed by atoms with Crippen LogP contribution in [0.1, 0.15) is 5.76 Å². The molecule has 0 unspecified atom stereocenters. The normalized spacial score (nSPS) is 10.1. The van der Waals surface area contributed by atoms with Crippen LogP contribution in [0.2, 0.25) is 0 Å². The predicted molar refractivity (Wildman–Crippen MR) is 70.4 cm³/mol. The molecule has 0 aliphatic rings. The maximum Gasteiger partial charge on any atom is 0.231 e. The summed E-state index contributed by atoms with van der Waals surface area (Å²) in [5, 5.41) is 11.0. The fourth-order valence-corrected chi connectivity index (χ4v) is 2.11. The zero-order valence-electron chi connectivity index (χ0n) is 10.1. The number of nitrogens with one attached hydrogen (secondary N) is 1. The topological polar surface area (TPSA) is 73.0 Å². The highest BCUT2D eigenvalue weighted by atomic mass is 32.2. The van der Waals surface area contributed by atoms with Gasteiger partial charge in [-0.05, 0) is 12.1 Å². The lowest BCUT2D eigenvalue weighted by molar-refractivity contribution is -0.118. The second kappa shape index (κ2) is 6.66. The maximum atomic E-state index is 11.4. The van der Waals surface area contributed by atoms with E-state index in [1.807, 2.05) is 16.7 Å². The van der Waals surface area contributed by atoms with Crippen molar-refractivity contribution in [2.75, 3.05) is 12.3 Å². The van der Waals surface area contributed by atoms with Crippen LogP contribution in [0, 0.1) is 12.3 Å². The van der Waals surface area contributed by atoms with Gasteiger partial charge in [0.05, 0.1) is 25.1 Å². The number of furan rings is 1. The first-order valence-electron chi connectivity index (χ1n) is 5.52. The van der Waals surface area contributed by atoms with Gasteiger partial charge in [-0.15, -0.1) is 16.6 Å². The van der Waals surface area contributed by atoms with E-state index in [-0.39, 0.29) is 18.2 Å². The number of hydrogen-bond acceptors (Lipinski definition) is 5. The minimum atomic E-state index is -0.129. The summed E-state index contributed by atoms with van der Waals surface area (Å²) < 4.78 is 7.07. The van der Waals surface area contributed by atoms with Crippen molar-refractivity contribution in [3.8, 4) is 12.3 Å². The minimum absolute atomic E-state index is 0.129. The van der Waals surface area contributed by atoms with Gasteiger partial charge in [-0.3, -0.25) is 4.79 Å². The van der Waals surface area contributed by atoms with Crippen LogP contribution < -0.4 is 5.32 Å². The molecule has 2 rings (SSSR count). The van der Waals surface area contributed by atoms with E-state index < -0.39 is 0 Å². The summed E-state index contributed by atoms with van der Waals surface area (Å²) in [7, 11) is 0. The molecule has 0 atom stereocenters. The third-order valence-electron chi connectivity index (χ3n) is 2.21. The van der Waals surface area contributed by atoms with E-state index in [9.17, 15) is 4.79 Å². The Bertz CT molecular complexity index is 571. The highest BCUT2D eigenvalue weighted by Crippen LogP contribution is 2.16. The molecule has 0 spiro atoms. The fourth-order valence-electron chi connectivity index (χ4n) is 1.37. The van der Waals surface area contributed by atoms with Gasteiger partial charge >= 0.3 is 0 Å². The van der Waals surface area contributed by atoms with Gasteiger partial charge in [0, 0.05) is 0 Å². The Morgan fingerprint density at radius 1 is 1.63 bits per heavy atom. The molecule has 1 N–H and O–H groups in total. The van der Waals surface area contributed by atoms with Gasteiger partial charge in [-0.25, -0.2) is 0 Å². The number of terminal acetylenes is 1. The number of carbonyl (C=O) groups is 1. The largest absolute Gasteiger partial charge is 0.467 e. The van der Waals surface area contributed by atoms with Crippen molar-refractivity contribution >= 4 is 17.7 Å². The average molecular weight is 276 g/mol. The van der Waals surface area contributed by atoms with E-state index in [0.717, 1.165) is 5.76 Å². The zero-order valence-corrected chi connectivity index (χ0v) is 10.9. The van der Waals surface area contributed by atoms with Crippen molar-refractivity contribution in [2.24, 2.45) is 0 Å². The molecule has 0 bridgehead atoms. The van der Waals surface area contributed by atoms with Gasteiger partial charge in [0.15, 0.2) is 5.16 Å². The Morgan fingerprint density at radius 2 is 2.53 bits per heavy atom.